The maximum absolute atomic E-state index is 12.6. The van der Waals surface area contributed by atoms with Gasteiger partial charge >= 0.3 is 0 Å². The largest absolute Gasteiger partial charge is 0.378 e. The Labute approximate surface area is 134 Å². The molecule has 3 heterocycles. The topological polar surface area (TPSA) is 88.8 Å². The normalized spacial score (nSPS) is 22.0. The fraction of sp³-hybridized carbons (Fsp3) is 0.600. The Morgan fingerprint density at radius 1 is 1.30 bits per heavy atom. The number of morpholine rings is 1. The van der Waals surface area contributed by atoms with Gasteiger partial charge in [0, 0.05) is 32.2 Å². The summed E-state index contributed by atoms with van der Waals surface area (Å²) in [5.41, 5.74) is -0.0216. The van der Waals surface area contributed by atoms with Crippen molar-refractivity contribution >= 4 is 17.4 Å². The molecule has 0 unspecified atom stereocenters. The van der Waals surface area contributed by atoms with Crippen molar-refractivity contribution in [1.82, 2.24) is 9.88 Å². The fourth-order valence-electron chi connectivity index (χ4n) is 3.10. The lowest BCUT2D eigenvalue weighted by Gasteiger charge is -2.36. The molecule has 23 heavy (non-hydrogen) atoms. The van der Waals surface area contributed by atoms with E-state index in [0.717, 1.165) is 19.4 Å². The fourth-order valence-corrected chi connectivity index (χ4v) is 3.10. The average molecular weight is 320 g/mol. The number of rotatable bonds is 3. The van der Waals surface area contributed by atoms with Gasteiger partial charge in [-0.25, -0.2) is 4.98 Å². The number of hydrogen-bond donors (Lipinski definition) is 0. The van der Waals surface area contributed by atoms with Crippen LogP contribution in [0.3, 0.4) is 0 Å². The van der Waals surface area contributed by atoms with Crippen LogP contribution in [0, 0.1) is 16.0 Å². The highest BCUT2D eigenvalue weighted by molar-refractivity contribution is 5.79. The van der Waals surface area contributed by atoms with Gasteiger partial charge in [-0.3, -0.25) is 14.9 Å². The molecule has 0 spiro atoms. The highest BCUT2D eigenvalue weighted by atomic mass is 16.6. The van der Waals surface area contributed by atoms with Crippen molar-refractivity contribution in [2.75, 3.05) is 44.3 Å². The quantitative estimate of drug-likeness (QED) is 0.611. The van der Waals surface area contributed by atoms with Crippen molar-refractivity contribution in [2.45, 2.75) is 12.8 Å². The SMILES string of the molecule is O=C([C@@H]1CCCN(c2ccc([N+](=O)[O-])cn2)C1)N1CCOCC1. The average Bonchev–Trinajstić information content (AvgIpc) is 2.62. The standard InChI is InChI=1S/C15H20N4O4/c20-15(17-6-8-23-9-7-17)12-2-1-5-18(11-12)14-4-3-13(10-16-14)19(21)22/h3-4,10,12H,1-2,5-9,11H2/t12-/m1/s1. The van der Waals surface area contributed by atoms with Crippen molar-refractivity contribution in [1.29, 1.82) is 0 Å². The first-order chi connectivity index (χ1) is 11.1. The minimum Gasteiger partial charge on any atom is -0.378 e. The molecule has 0 aliphatic carbocycles. The summed E-state index contributed by atoms with van der Waals surface area (Å²) >= 11 is 0. The molecule has 0 saturated carbocycles. The van der Waals surface area contributed by atoms with Crippen molar-refractivity contribution < 1.29 is 14.5 Å². The molecule has 0 radical (unpaired) electrons. The van der Waals surface area contributed by atoms with Gasteiger partial charge in [0.25, 0.3) is 5.69 Å². The number of anilines is 1. The number of hydrogen-bond acceptors (Lipinski definition) is 6. The molecule has 124 valence electrons. The van der Waals surface area contributed by atoms with Gasteiger partial charge in [0.2, 0.25) is 5.91 Å². The van der Waals surface area contributed by atoms with E-state index in [2.05, 4.69) is 4.98 Å². The number of nitrogens with zero attached hydrogens (tertiary/aromatic N) is 4. The van der Waals surface area contributed by atoms with Gasteiger partial charge in [0.15, 0.2) is 0 Å². The zero-order chi connectivity index (χ0) is 16.2. The van der Waals surface area contributed by atoms with E-state index in [1.165, 1.54) is 12.3 Å². The van der Waals surface area contributed by atoms with Crippen LogP contribution < -0.4 is 4.90 Å². The summed E-state index contributed by atoms with van der Waals surface area (Å²) in [5, 5.41) is 10.7. The minimum atomic E-state index is -0.461. The minimum absolute atomic E-state index is 0.0216. The summed E-state index contributed by atoms with van der Waals surface area (Å²) < 4.78 is 5.29. The third-order valence-corrected chi connectivity index (χ3v) is 4.36. The zero-order valence-corrected chi connectivity index (χ0v) is 12.9. The molecule has 0 N–H and O–H groups in total. The summed E-state index contributed by atoms with van der Waals surface area (Å²) in [7, 11) is 0. The summed E-state index contributed by atoms with van der Waals surface area (Å²) in [6.07, 6.45) is 3.06. The number of pyridine rings is 1. The Bertz CT molecular complexity index is 571. The van der Waals surface area contributed by atoms with Gasteiger partial charge in [-0.05, 0) is 18.9 Å². The van der Waals surface area contributed by atoms with Gasteiger partial charge in [-0.1, -0.05) is 0 Å². The summed E-state index contributed by atoms with van der Waals surface area (Å²) in [4.78, 5) is 30.9. The lowest BCUT2D eigenvalue weighted by atomic mass is 9.96. The lowest BCUT2D eigenvalue weighted by Crippen LogP contribution is -2.48. The van der Waals surface area contributed by atoms with Crippen molar-refractivity contribution in [3.63, 3.8) is 0 Å². The van der Waals surface area contributed by atoms with Crippen LogP contribution in [0.4, 0.5) is 11.5 Å². The number of piperidine rings is 1. The molecule has 1 atom stereocenters. The monoisotopic (exact) mass is 320 g/mol. The third-order valence-electron chi connectivity index (χ3n) is 4.36. The van der Waals surface area contributed by atoms with E-state index in [1.54, 1.807) is 6.07 Å². The predicted octanol–water partition coefficient (Wildman–Crippen LogP) is 1.06. The molecule has 8 nitrogen and oxygen atoms in total. The van der Waals surface area contributed by atoms with Crippen LogP contribution in [0.1, 0.15) is 12.8 Å². The highest BCUT2D eigenvalue weighted by Gasteiger charge is 2.30. The lowest BCUT2D eigenvalue weighted by molar-refractivity contribution is -0.385. The summed E-state index contributed by atoms with van der Waals surface area (Å²) in [5.74, 6) is 0.828. The molecule has 1 amide bonds. The highest BCUT2D eigenvalue weighted by Crippen LogP contribution is 2.24. The first-order valence-corrected chi connectivity index (χ1v) is 7.87. The third kappa shape index (κ3) is 3.58. The van der Waals surface area contributed by atoms with E-state index in [4.69, 9.17) is 4.74 Å². The Balaban J connectivity index is 1.65. The molecule has 3 rings (SSSR count). The molecule has 0 bridgehead atoms. The number of nitro groups is 1. The second-order valence-electron chi connectivity index (χ2n) is 5.85. The Kier molecular flexibility index (Phi) is 4.71. The molecule has 8 heteroatoms. The van der Waals surface area contributed by atoms with Gasteiger partial charge in [-0.15, -0.1) is 0 Å². The molecule has 1 aromatic rings. The number of ether oxygens (including phenoxy) is 1. The number of carbonyl (C=O) groups is 1. The van der Waals surface area contributed by atoms with Crippen LogP contribution in [0.25, 0.3) is 0 Å². The van der Waals surface area contributed by atoms with Crippen LogP contribution in [0.5, 0.6) is 0 Å². The molecule has 0 aromatic carbocycles. The van der Waals surface area contributed by atoms with E-state index >= 15 is 0 Å². The number of amides is 1. The van der Waals surface area contributed by atoms with Crippen molar-refractivity contribution in [3.05, 3.63) is 28.4 Å². The molecular weight excluding hydrogens is 300 g/mol. The molecule has 2 aliphatic rings. The van der Waals surface area contributed by atoms with Crippen LogP contribution in [0.15, 0.2) is 18.3 Å². The zero-order valence-electron chi connectivity index (χ0n) is 12.9. The second kappa shape index (κ2) is 6.91. The van der Waals surface area contributed by atoms with Crippen LogP contribution in [0.2, 0.25) is 0 Å². The van der Waals surface area contributed by atoms with E-state index in [-0.39, 0.29) is 17.5 Å². The molecule has 2 aliphatic heterocycles. The number of aromatic nitrogens is 1. The molecule has 1 aromatic heterocycles. The van der Waals surface area contributed by atoms with E-state index in [0.29, 0.717) is 38.7 Å². The second-order valence-corrected chi connectivity index (χ2v) is 5.85. The first kappa shape index (κ1) is 15.7. The molecule has 2 saturated heterocycles. The van der Waals surface area contributed by atoms with Crippen molar-refractivity contribution in [2.24, 2.45) is 5.92 Å². The Morgan fingerprint density at radius 2 is 2.09 bits per heavy atom. The smallest absolute Gasteiger partial charge is 0.287 e. The molecular formula is C15H20N4O4. The first-order valence-electron chi connectivity index (χ1n) is 7.87. The van der Waals surface area contributed by atoms with Crippen LogP contribution in [-0.2, 0) is 9.53 Å². The van der Waals surface area contributed by atoms with E-state index in [9.17, 15) is 14.9 Å². The van der Waals surface area contributed by atoms with Gasteiger partial charge in [0.1, 0.15) is 12.0 Å². The maximum Gasteiger partial charge on any atom is 0.287 e. The number of carbonyl (C=O) groups excluding carboxylic acids is 1. The maximum atomic E-state index is 12.6. The van der Waals surface area contributed by atoms with Gasteiger partial charge < -0.3 is 14.5 Å². The van der Waals surface area contributed by atoms with Crippen LogP contribution >= 0.6 is 0 Å². The van der Waals surface area contributed by atoms with Crippen molar-refractivity contribution in [3.8, 4) is 0 Å². The van der Waals surface area contributed by atoms with E-state index in [1.807, 2.05) is 9.80 Å². The van der Waals surface area contributed by atoms with Gasteiger partial charge in [0.05, 0.1) is 24.1 Å². The predicted molar refractivity (Wildman–Crippen MR) is 83.2 cm³/mol. The Morgan fingerprint density at radius 3 is 2.74 bits per heavy atom. The van der Waals surface area contributed by atoms with Crippen LogP contribution in [-0.4, -0.2) is 60.1 Å². The summed E-state index contributed by atoms with van der Waals surface area (Å²) in [6.45, 7) is 3.95. The molecule has 2 fully saturated rings. The van der Waals surface area contributed by atoms with E-state index < -0.39 is 4.92 Å². The Hall–Kier alpha value is -2.22. The summed E-state index contributed by atoms with van der Waals surface area (Å²) in [6, 6.07) is 3.11. The van der Waals surface area contributed by atoms with Gasteiger partial charge in [-0.2, -0.15) is 0 Å².